The van der Waals surface area contributed by atoms with Crippen molar-refractivity contribution in [3.63, 3.8) is 0 Å². The summed E-state index contributed by atoms with van der Waals surface area (Å²) >= 11 is 0. The molecule has 7 nitrogen and oxygen atoms in total. The Labute approximate surface area is 157 Å². The molecule has 0 radical (unpaired) electrons. The number of aromatic nitrogens is 1. The van der Waals surface area contributed by atoms with Crippen LogP contribution in [-0.4, -0.2) is 19.5 Å². The summed E-state index contributed by atoms with van der Waals surface area (Å²) in [4.78, 5) is 12.4. The van der Waals surface area contributed by atoms with Crippen molar-refractivity contribution in [2.45, 2.75) is 25.7 Å². The summed E-state index contributed by atoms with van der Waals surface area (Å²) in [7, 11) is -3.82. The molecule has 0 aliphatic rings. The lowest BCUT2D eigenvalue weighted by Gasteiger charge is -2.09. The highest BCUT2D eigenvalue weighted by Gasteiger charge is 2.17. The van der Waals surface area contributed by atoms with Gasteiger partial charge in [0.25, 0.3) is 15.9 Å². The molecule has 0 fully saturated rings. The average Bonchev–Trinajstić information content (AvgIpc) is 2.98. The number of hydrogen-bond donors (Lipinski definition) is 2. The number of benzene rings is 2. The van der Waals surface area contributed by atoms with Crippen molar-refractivity contribution < 1.29 is 17.7 Å². The Morgan fingerprint density at radius 2 is 1.59 bits per heavy atom. The molecule has 0 saturated heterocycles. The van der Waals surface area contributed by atoms with Crippen LogP contribution in [0.3, 0.4) is 0 Å². The minimum atomic E-state index is -3.82. The van der Waals surface area contributed by atoms with E-state index in [1.807, 2.05) is 32.0 Å². The number of rotatable bonds is 5. The number of sulfonamides is 1. The van der Waals surface area contributed by atoms with Gasteiger partial charge in [-0.25, -0.2) is 8.42 Å². The van der Waals surface area contributed by atoms with Crippen LogP contribution in [0.25, 0.3) is 0 Å². The van der Waals surface area contributed by atoms with E-state index in [1.54, 1.807) is 6.92 Å². The fourth-order valence-corrected chi connectivity index (χ4v) is 3.63. The molecule has 1 aromatic heterocycles. The summed E-state index contributed by atoms with van der Waals surface area (Å²) in [6.45, 7) is 5.56. The van der Waals surface area contributed by atoms with Gasteiger partial charge in [0, 0.05) is 17.3 Å². The molecule has 0 aliphatic carbocycles. The third-order valence-corrected chi connectivity index (χ3v) is 5.14. The van der Waals surface area contributed by atoms with Crippen molar-refractivity contribution in [2.24, 2.45) is 0 Å². The van der Waals surface area contributed by atoms with Crippen LogP contribution in [0.1, 0.15) is 27.2 Å². The molecule has 0 atom stereocenters. The number of nitrogens with zero attached hydrogens (tertiary/aromatic N) is 1. The lowest BCUT2D eigenvalue weighted by molar-refractivity contribution is 0.102. The number of nitrogens with one attached hydrogen (secondary N) is 2. The Bertz CT molecular complexity index is 1070. The van der Waals surface area contributed by atoms with Crippen molar-refractivity contribution in [3.05, 3.63) is 71.0 Å². The Morgan fingerprint density at radius 1 is 0.963 bits per heavy atom. The van der Waals surface area contributed by atoms with Gasteiger partial charge in [-0.3, -0.25) is 9.52 Å². The highest BCUT2D eigenvalue weighted by atomic mass is 32.2. The van der Waals surface area contributed by atoms with Crippen LogP contribution >= 0.6 is 0 Å². The molecule has 2 N–H and O–H groups in total. The third-order valence-electron chi connectivity index (χ3n) is 3.77. The zero-order valence-electron chi connectivity index (χ0n) is 15.1. The molecule has 0 spiro atoms. The molecule has 0 saturated carbocycles. The summed E-state index contributed by atoms with van der Waals surface area (Å²) in [5.74, 6) is 0.277. The molecule has 1 heterocycles. The minimum Gasteiger partial charge on any atom is -0.360 e. The Hall–Kier alpha value is -3.13. The molecule has 140 valence electrons. The first-order valence-corrected chi connectivity index (χ1v) is 9.67. The predicted molar refractivity (Wildman–Crippen MR) is 102 cm³/mol. The summed E-state index contributed by atoms with van der Waals surface area (Å²) in [6, 6.07) is 12.9. The van der Waals surface area contributed by atoms with Crippen LogP contribution in [0.15, 0.2) is 57.9 Å². The molecule has 3 rings (SSSR count). The summed E-state index contributed by atoms with van der Waals surface area (Å²) in [5, 5.41) is 6.42. The van der Waals surface area contributed by atoms with Gasteiger partial charge in [0.2, 0.25) is 0 Å². The minimum absolute atomic E-state index is 0.0195. The van der Waals surface area contributed by atoms with Crippen LogP contribution < -0.4 is 10.0 Å². The zero-order valence-corrected chi connectivity index (χ0v) is 15.9. The highest BCUT2D eigenvalue weighted by Crippen LogP contribution is 2.18. The monoisotopic (exact) mass is 385 g/mol. The van der Waals surface area contributed by atoms with Gasteiger partial charge in [-0.05, 0) is 68.3 Å². The quantitative estimate of drug-likeness (QED) is 0.698. The van der Waals surface area contributed by atoms with Gasteiger partial charge in [-0.15, -0.1) is 0 Å². The van der Waals surface area contributed by atoms with Gasteiger partial charge in [0.05, 0.1) is 4.90 Å². The highest BCUT2D eigenvalue weighted by molar-refractivity contribution is 7.92. The molecule has 8 heteroatoms. The van der Waals surface area contributed by atoms with Crippen molar-refractivity contribution in [1.29, 1.82) is 0 Å². The van der Waals surface area contributed by atoms with Crippen LogP contribution in [0.2, 0.25) is 0 Å². The smallest absolute Gasteiger partial charge is 0.263 e. The first-order chi connectivity index (χ1) is 12.7. The van der Waals surface area contributed by atoms with Crippen LogP contribution in [0.4, 0.5) is 11.5 Å². The Morgan fingerprint density at radius 3 is 2.15 bits per heavy atom. The van der Waals surface area contributed by atoms with E-state index in [1.165, 1.54) is 30.3 Å². The largest absolute Gasteiger partial charge is 0.360 e. The van der Waals surface area contributed by atoms with Gasteiger partial charge in [0.15, 0.2) is 5.82 Å². The van der Waals surface area contributed by atoms with Crippen molar-refractivity contribution in [3.8, 4) is 0 Å². The van der Waals surface area contributed by atoms with Gasteiger partial charge in [-0.2, -0.15) is 0 Å². The van der Waals surface area contributed by atoms with Crippen LogP contribution in [-0.2, 0) is 10.0 Å². The molecular weight excluding hydrogens is 366 g/mol. The number of aryl methyl sites for hydroxylation is 3. The molecule has 0 unspecified atom stereocenters. The predicted octanol–water partition coefficient (Wildman–Crippen LogP) is 3.65. The normalized spacial score (nSPS) is 11.2. The van der Waals surface area contributed by atoms with E-state index >= 15 is 0 Å². The maximum Gasteiger partial charge on any atom is 0.263 e. The van der Waals surface area contributed by atoms with Gasteiger partial charge >= 0.3 is 0 Å². The molecule has 2 aromatic carbocycles. The van der Waals surface area contributed by atoms with Gasteiger partial charge in [-0.1, -0.05) is 11.2 Å². The van der Waals surface area contributed by atoms with Crippen LogP contribution in [0, 0.1) is 20.8 Å². The topological polar surface area (TPSA) is 101 Å². The lowest BCUT2D eigenvalue weighted by atomic mass is 10.1. The van der Waals surface area contributed by atoms with Crippen molar-refractivity contribution in [1.82, 2.24) is 5.16 Å². The second kappa shape index (κ2) is 7.24. The van der Waals surface area contributed by atoms with E-state index in [9.17, 15) is 13.2 Å². The molecule has 0 bridgehead atoms. The number of carbonyl (C=O) groups excluding carboxylic acids is 1. The summed E-state index contributed by atoms with van der Waals surface area (Å²) < 4.78 is 31.9. The fraction of sp³-hybridized carbons (Fsp3) is 0.158. The van der Waals surface area contributed by atoms with Crippen molar-refractivity contribution in [2.75, 3.05) is 10.0 Å². The van der Waals surface area contributed by atoms with E-state index in [0.29, 0.717) is 17.0 Å². The van der Waals surface area contributed by atoms with Gasteiger partial charge < -0.3 is 9.84 Å². The SMILES string of the molecule is Cc1cc(C)cc(NC(=O)c2ccc(S(=O)(=O)Nc3cc(C)on3)cc2)c1. The van der Waals surface area contributed by atoms with E-state index < -0.39 is 10.0 Å². The molecule has 3 aromatic rings. The molecule has 0 aliphatic heterocycles. The zero-order chi connectivity index (χ0) is 19.6. The van der Waals surface area contributed by atoms with E-state index in [2.05, 4.69) is 15.2 Å². The molecule has 27 heavy (non-hydrogen) atoms. The standard InChI is InChI=1S/C19H19N3O4S/c1-12-8-13(2)10-16(9-12)20-19(23)15-4-6-17(7-5-15)27(24,25)22-18-11-14(3)26-21-18/h4-11H,1-3H3,(H,20,23)(H,21,22). The fourth-order valence-electron chi connectivity index (χ4n) is 2.65. The van der Waals surface area contributed by atoms with Crippen molar-refractivity contribution >= 4 is 27.4 Å². The summed E-state index contributed by atoms with van der Waals surface area (Å²) in [6.07, 6.45) is 0. The van der Waals surface area contributed by atoms with Crippen LogP contribution in [0.5, 0.6) is 0 Å². The first kappa shape index (κ1) is 18.7. The first-order valence-electron chi connectivity index (χ1n) is 8.19. The Kier molecular flexibility index (Phi) is 5.00. The number of carbonyl (C=O) groups is 1. The second-order valence-corrected chi connectivity index (χ2v) is 7.97. The average molecular weight is 385 g/mol. The maximum atomic E-state index is 12.4. The number of hydrogen-bond acceptors (Lipinski definition) is 5. The number of anilines is 2. The molecular formula is C19H19N3O4S. The van der Waals surface area contributed by atoms with Gasteiger partial charge in [0.1, 0.15) is 5.76 Å². The summed E-state index contributed by atoms with van der Waals surface area (Å²) in [5.41, 5.74) is 3.13. The maximum absolute atomic E-state index is 12.4. The lowest BCUT2D eigenvalue weighted by Crippen LogP contribution is -2.15. The number of amides is 1. The second-order valence-electron chi connectivity index (χ2n) is 6.28. The van der Waals surface area contributed by atoms with E-state index in [4.69, 9.17) is 4.52 Å². The Balaban J connectivity index is 1.75. The van der Waals surface area contributed by atoms with E-state index in [-0.39, 0.29) is 16.6 Å². The third kappa shape index (κ3) is 4.53. The van der Waals surface area contributed by atoms with E-state index in [0.717, 1.165) is 11.1 Å². The molecule has 1 amide bonds.